The summed E-state index contributed by atoms with van der Waals surface area (Å²) in [5.74, 6) is 0. The van der Waals surface area contributed by atoms with E-state index in [2.05, 4.69) is 53.6 Å². The summed E-state index contributed by atoms with van der Waals surface area (Å²) in [5.41, 5.74) is 8.02. The fourth-order valence-corrected chi connectivity index (χ4v) is 3.57. The minimum absolute atomic E-state index is 0.292. The molecule has 0 fully saturated rings. The van der Waals surface area contributed by atoms with Crippen molar-refractivity contribution in [2.45, 2.75) is 45.6 Å². The van der Waals surface area contributed by atoms with E-state index in [1.165, 1.54) is 28.7 Å². The van der Waals surface area contributed by atoms with Gasteiger partial charge in [0.1, 0.15) is 6.33 Å². The Bertz CT molecular complexity index is 777. The SMILES string of the molecule is C=Cc1ccc2c(c1)CCC[C@@H]2NC(=C)c1ncnc(C)c1CC. The zero-order chi connectivity index (χ0) is 17.1. The van der Waals surface area contributed by atoms with Crippen molar-refractivity contribution in [1.29, 1.82) is 0 Å². The molecule has 1 atom stereocenters. The molecule has 124 valence electrons. The molecule has 0 saturated heterocycles. The van der Waals surface area contributed by atoms with Crippen molar-refractivity contribution in [3.63, 3.8) is 0 Å². The molecule has 3 nitrogen and oxygen atoms in total. The lowest BCUT2D eigenvalue weighted by atomic mass is 9.86. The Labute approximate surface area is 144 Å². The number of aromatic nitrogens is 2. The molecule has 1 aromatic heterocycles. The van der Waals surface area contributed by atoms with Crippen LogP contribution in [0.1, 0.15) is 59.4 Å². The summed E-state index contributed by atoms with van der Waals surface area (Å²) < 4.78 is 0. The number of benzene rings is 1. The largest absolute Gasteiger partial charge is 0.377 e. The van der Waals surface area contributed by atoms with E-state index in [0.29, 0.717) is 6.04 Å². The maximum absolute atomic E-state index is 4.47. The quantitative estimate of drug-likeness (QED) is 0.873. The summed E-state index contributed by atoms with van der Waals surface area (Å²) in [7, 11) is 0. The summed E-state index contributed by atoms with van der Waals surface area (Å²) in [6, 6.07) is 6.91. The maximum Gasteiger partial charge on any atom is 0.116 e. The van der Waals surface area contributed by atoms with Crippen molar-refractivity contribution in [2.75, 3.05) is 0 Å². The first-order chi connectivity index (χ1) is 11.6. The molecule has 0 amide bonds. The average molecular weight is 319 g/mol. The molecule has 1 aromatic carbocycles. The van der Waals surface area contributed by atoms with Crippen molar-refractivity contribution in [3.8, 4) is 0 Å². The number of rotatable bonds is 5. The lowest BCUT2D eigenvalue weighted by Gasteiger charge is -2.28. The Morgan fingerprint density at radius 1 is 1.38 bits per heavy atom. The molecule has 3 rings (SSSR count). The molecule has 0 spiro atoms. The molecule has 0 aliphatic heterocycles. The van der Waals surface area contributed by atoms with E-state index in [1.807, 2.05) is 13.0 Å². The third kappa shape index (κ3) is 3.12. The number of nitrogens with zero attached hydrogens (tertiary/aromatic N) is 2. The highest BCUT2D eigenvalue weighted by Crippen LogP contribution is 2.32. The van der Waals surface area contributed by atoms with Crippen molar-refractivity contribution >= 4 is 11.8 Å². The van der Waals surface area contributed by atoms with Gasteiger partial charge < -0.3 is 5.32 Å². The molecule has 0 bridgehead atoms. The van der Waals surface area contributed by atoms with Gasteiger partial charge in [0.05, 0.1) is 17.4 Å². The van der Waals surface area contributed by atoms with E-state index in [0.717, 1.165) is 36.3 Å². The lowest BCUT2D eigenvalue weighted by molar-refractivity contribution is 0.519. The molecule has 1 aliphatic carbocycles. The normalized spacial score (nSPS) is 16.3. The van der Waals surface area contributed by atoms with Crippen LogP contribution in [0.4, 0.5) is 0 Å². The van der Waals surface area contributed by atoms with E-state index in [4.69, 9.17) is 0 Å². The lowest BCUT2D eigenvalue weighted by Crippen LogP contribution is -2.25. The summed E-state index contributed by atoms with van der Waals surface area (Å²) in [5, 5.41) is 3.62. The third-order valence-corrected chi connectivity index (χ3v) is 4.87. The Kier molecular flexibility index (Phi) is 4.79. The fraction of sp³-hybridized carbons (Fsp3) is 0.333. The first-order valence-electron chi connectivity index (χ1n) is 8.65. The minimum atomic E-state index is 0.292. The van der Waals surface area contributed by atoms with Crippen LogP contribution in [-0.4, -0.2) is 9.97 Å². The van der Waals surface area contributed by atoms with Crippen LogP contribution < -0.4 is 5.32 Å². The second-order valence-electron chi connectivity index (χ2n) is 6.37. The predicted molar refractivity (Wildman–Crippen MR) is 101 cm³/mol. The number of hydrogen-bond donors (Lipinski definition) is 1. The molecular formula is C21H25N3. The molecule has 2 aromatic rings. The van der Waals surface area contributed by atoms with Gasteiger partial charge in [-0.15, -0.1) is 0 Å². The molecule has 1 aliphatic rings. The third-order valence-electron chi connectivity index (χ3n) is 4.87. The predicted octanol–water partition coefficient (Wildman–Crippen LogP) is 4.63. The zero-order valence-corrected chi connectivity index (χ0v) is 14.6. The molecule has 24 heavy (non-hydrogen) atoms. The van der Waals surface area contributed by atoms with Crippen LogP contribution >= 0.6 is 0 Å². The zero-order valence-electron chi connectivity index (χ0n) is 14.6. The first-order valence-corrected chi connectivity index (χ1v) is 8.65. The first kappa shape index (κ1) is 16.4. The van der Waals surface area contributed by atoms with Gasteiger partial charge >= 0.3 is 0 Å². The van der Waals surface area contributed by atoms with E-state index < -0.39 is 0 Å². The van der Waals surface area contributed by atoms with Gasteiger partial charge in [-0.05, 0) is 49.3 Å². The molecule has 1 N–H and O–H groups in total. The van der Waals surface area contributed by atoms with Gasteiger partial charge in [0, 0.05) is 11.3 Å². The van der Waals surface area contributed by atoms with E-state index in [9.17, 15) is 0 Å². The highest BCUT2D eigenvalue weighted by Gasteiger charge is 2.21. The van der Waals surface area contributed by atoms with Gasteiger partial charge in [-0.3, -0.25) is 0 Å². The molecule has 0 unspecified atom stereocenters. The molecule has 1 heterocycles. The van der Waals surface area contributed by atoms with Crippen LogP contribution in [0.15, 0.2) is 37.7 Å². The number of fused-ring (bicyclic) bond motifs is 1. The number of aryl methyl sites for hydroxylation is 2. The van der Waals surface area contributed by atoms with E-state index in [1.54, 1.807) is 6.33 Å². The molecular weight excluding hydrogens is 294 g/mol. The van der Waals surface area contributed by atoms with Gasteiger partial charge in [-0.2, -0.15) is 0 Å². The number of nitrogens with one attached hydrogen (secondary N) is 1. The van der Waals surface area contributed by atoms with Crippen LogP contribution in [0, 0.1) is 6.92 Å². The average Bonchev–Trinajstić information content (AvgIpc) is 2.61. The second kappa shape index (κ2) is 7.00. The Morgan fingerprint density at radius 3 is 2.96 bits per heavy atom. The van der Waals surface area contributed by atoms with Crippen LogP contribution in [0.3, 0.4) is 0 Å². The Hall–Kier alpha value is -2.42. The summed E-state index contributed by atoms with van der Waals surface area (Å²) in [6.07, 6.45) is 7.88. The summed E-state index contributed by atoms with van der Waals surface area (Å²) >= 11 is 0. The number of hydrogen-bond acceptors (Lipinski definition) is 3. The minimum Gasteiger partial charge on any atom is -0.377 e. The Morgan fingerprint density at radius 2 is 2.21 bits per heavy atom. The monoisotopic (exact) mass is 319 g/mol. The smallest absolute Gasteiger partial charge is 0.116 e. The van der Waals surface area contributed by atoms with Crippen molar-refractivity contribution in [3.05, 3.63) is 71.3 Å². The van der Waals surface area contributed by atoms with Gasteiger partial charge in [0.2, 0.25) is 0 Å². The molecule has 0 saturated carbocycles. The van der Waals surface area contributed by atoms with Gasteiger partial charge in [-0.1, -0.05) is 44.4 Å². The van der Waals surface area contributed by atoms with Crippen LogP contribution in [0.25, 0.3) is 11.8 Å². The van der Waals surface area contributed by atoms with Crippen molar-refractivity contribution in [2.24, 2.45) is 0 Å². The second-order valence-corrected chi connectivity index (χ2v) is 6.37. The molecule has 3 heteroatoms. The van der Waals surface area contributed by atoms with Gasteiger partial charge in [0.15, 0.2) is 0 Å². The van der Waals surface area contributed by atoms with E-state index in [-0.39, 0.29) is 0 Å². The standard InChI is InChI=1S/C21H25N3/c1-5-16-10-11-19-17(12-16)8-7-9-20(19)24-15(4)21-18(6-2)14(3)22-13-23-21/h5,10-13,20,24H,1,4,6-9H2,2-3H3/t20-/m0/s1. The molecule has 0 radical (unpaired) electrons. The van der Waals surface area contributed by atoms with Crippen LogP contribution in [0.2, 0.25) is 0 Å². The highest BCUT2D eigenvalue weighted by atomic mass is 15.0. The van der Waals surface area contributed by atoms with Crippen molar-refractivity contribution < 1.29 is 0 Å². The summed E-state index contributed by atoms with van der Waals surface area (Å²) in [4.78, 5) is 8.78. The maximum atomic E-state index is 4.47. The Balaban J connectivity index is 1.87. The topological polar surface area (TPSA) is 37.8 Å². The van der Waals surface area contributed by atoms with E-state index >= 15 is 0 Å². The summed E-state index contributed by atoms with van der Waals surface area (Å²) in [6.45, 7) is 12.3. The van der Waals surface area contributed by atoms with Crippen LogP contribution in [0.5, 0.6) is 0 Å². The van der Waals surface area contributed by atoms with Crippen molar-refractivity contribution in [1.82, 2.24) is 15.3 Å². The fourth-order valence-electron chi connectivity index (χ4n) is 3.57. The highest BCUT2D eigenvalue weighted by molar-refractivity contribution is 5.63. The van der Waals surface area contributed by atoms with Crippen LogP contribution in [-0.2, 0) is 12.8 Å². The van der Waals surface area contributed by atoms with Gasteiger partial charge in [0.25, 0.3) is 0 Å². The van der Waals surface area contributed by atoms with Gasteiger partial charge in [-0.25, -0.2) is 9.97 Å².